The lowest BCUT2D eigenvalue weighted by Crippen LogP contribution is -2.05. The van der Waals surface area contributed by atoms with E-state index in [0.717, 1.165) is 22.6 Å². The van der Waals surface area contributed by atoms with Crippen LogP contribution in [0.1, 0.15) is 18.1 Å². The molecule has 0 aromatic heterocycles. The molecule has 0 aliphatic rings. The Bertz CT molecular complexity index is 561. The molecule has 1 N–H and O–H groups in total. The predicted molar refractivity (Wildman–Crippen MR) is 76.3 cm³/mol. The van der Waals surface area contributed by atoms with Crippen molar-refractivity contribution in [2.24, 2.45) is 0 Å². The van der Waals surface area contributed by atoms with Crippen LogP contribution in [0, 0.1) is 6.92 Å². The second-order valence-corrected chi connectivity index (χ2v) is 4.43. The van der Waals surface area contributed by atoms with Crippen LogP contribution < -0.4 is 10.1 Å². The van der Waals surface area contributed by atoms with E-state index in [0.29, 0.717) is 6.61 Å². The SMILES string of the molecule is CC(=O)Nc1ccc(COc2ccccc2C)cc1. The molecular weight excluding hydrogens is 238 g/mol. The standard InChI is InChI=1S/C16H17NO2/c1-12-5-3-4-6-16(12)19-11-14-7-9-15(10-8-14)17-13(2)18/h3-10H,11H2,1-2H3,(H,17,18). The summed E-state index contributed by atoms with van der Waals surface area (Å²) in [5.41, 5.74) is 2.99. The molecule has 1 amide bonds. The van der Waals surface area contributed by atoms with Crippen LogP contribution in [0.15, 0.2) is 48.5 Å². The summed E-state index contributed by atoms with van der Waals surface area (Å²) >= 11 is 0. The van der Waals surface area contributed by atoms with Crippen molar-refractivity contribution in [3.05, 3.63) is 59.7 Å². The van der Waals surface area contributed by atoms with Crippen LogP contribution in [0.5, 0.6) is 5.75 Å². The van der Waals surface area contributed by atoms with Gasteiger partial charge in [0.15, 0.2) is 0 Å². The van der Waals surface area contributed by atoms with Gasteiger partial charge < -0.3 is 10.1 Å². The Labute approximate surface area is 113 Å². The molecule has 2 rings (SSSR count). The molecular formula is C16H17NO2. The third kappa shape index (κ3) is 3.85. The molecule has 0 unspecified atom stereocenters. The summed E-state index contributed by atoms with van der Waals surface area (Å²) in [5.74, 6) is 0.831. The Morgan fingerprint density at radius 1 is 1.11 bits per heavy atom. The highest BCUT2D eigenvalue weighted by molar-refractivity contribution is 5.88. The van der Waals surface area contributed by atoms with E-state index >= 15 is 0 Å². The van der Waals surface area contributed by atoms with E-state index in [1.165, 1.54) is 6.92 Å². The van der Waals surface area contributed by atoms with Crippen LogP contribution in [0.25, 0.3) is 0 Å². The minimum absolute atomic E-state index is 0.0658. The smallest absolute Gasteiger partial charge is 0.221 e. The van der Waals surface area contributed by atoms with Gasteiger partial charge in [0.2, 0.25) is 5.91 Å². The van der Waals surface area contributed by atoms with E-state index < -0.39 is 0 Å². The normalized spacial score (nSPS) is 10.0. The number of para-hydroxylation sites is 1. The molecule has 3 heteroatoms. The number of carbonyl (C=O) groups is 1. The first-order valence-electron chi connectivity index (χ1n) is 6.20. The molecule has 0 heterocycles. The molecule has 0 atom stereocenters. The van der Waals surface area contributed by atoms with Gasteiger partial charge in [0, 0.05) is 12.6 Å². The fraction of sp³-hybridized carbons (Fsp3) is 0.188. The molecule has 0 saturated heterocycles. The van der Waals surface area contributed by atoms with Gasteiger partial charge >= 0.3 is 0 Å². The van der Waals surface area contributed by atoms with Crippen LogP contribution in [-0.2, 0) is 11.4 Å². The van der Waals surface area contributed by atoms with E-state index in [2.05, 4.69) is 5.32 Å². The van der Waals surface area contributed by atoms with Crippen molar-refractivity contribution in [3.63, 3.8) is 0 Å². The highest BCUT2D eigenvalue weighted by Gasteiger charge is 2.00. The second-order valence-electron chi connectivity index (χ2n) is 4.43. The Kier molecular flexibility index (Phi) is 4.18. The quantitative estimate of drug-likeness (QED) is 0.907. The van der Waals surface area contributed by atoms with Crippen molar-refractivity contribution in [1.82, 2.24) is 0 Å². The van der Waals surface area contributed by atoms with Gasteiger partial charge in [0.05, 0.1) is 0 Å². The van der Waals surface area contributed by atoms with Gasteiger partial charge in [-0.15, -0.1) is 0 Å². The van der Waals surface area contributed by atoms with Crippen LogP contribution in [0.4, 0.5) is 5.69 Å². The molecule has 0 saturated carbocycles. The first-order chi connectivity index (χ1) is 9.15. The van der Waals surface area contributed by atoms with Crippen molar-refractivity contribution in [2.75, 3.05) is 5.32 Å². The van der Waals surface area contributed by atoms with E-state index in [9.17, 15) is 4.79 Å². The zero-order valence-corrected chi connectivity index (χ0v) is 11.1. The first-order valence-corrected chi connectivity index (χ1v) is 6.20. The maximum absolute atomic E-state index is 10.9. The second kappa shape index (κ2) is 6.05. The lowest BCUT2D eigenvalue weighted by Gasteiger charge is -2.09. The third-order valence-corrected chi connectivity index (χ3v) is 2.76. The number of amides is 1. The Hall–Kier alpha value is -2.29. The molecule has 0 radical (unpaired) electrons. The molecule has 0 aliphatic carbocycles. The van der Waals surface area contributed by atoms with E-state index in [1.807, 2.05) is 55.5 Å². The van der Waals surface area contributed by atoms with E-state index in [4.69, 9.17) is 4.74 Å². The molecule has 2 aromatic rings. The summed E-state index contributed by atoms with van der Waals surface area (Å²) in [6, 6.07) is 15.6. The summed E-state index contributed by atoms with van der Waals surface area (Å²) in [6.45, 7) is 4.04. The van der Waals surface area contributed by atoms with Crippen molar-refractivity contribution in [1.29, 1.82) is 0 Å². The average molecular weight is 255 g/mol. The summed E-state index contributed by atoms with van der Waals surface area (Å²) < 4.78 is 5.76. The number of anilines is 1. The Morgan fingerprint density at radius 3 is 2.42 bits per heavy atom. The monoisotopic (exact) mass is 255 g/mol. The lowest BCUT2D eigenvalue weighted by molar-refractivity contribution is -0.114. The molecule has 2 aromatic carbocycles. The van der Waals surface area contributed by atoms with Gasteiger partial charge in [-0.05, 0) is 36.2 Å². The van der Waals surface area contributed by atoms with Gasteiger partial charge in [-0.3, -0.25) is 4.79 Å². The van der Waals surface area contributed by atoms with Crippen molar-refractivity contribution in [2.45, 2.75) is 20.5 Å². The summed E-state index contributed by atoms with van der Waals surface area (Å²) in [4.78, 5) is 10.9. The van der Waals surface area contributed by atoms with Crippen LogP contribution in [0.3, 0.4) is 0 Å². The number of hydrogen-bond acceptors (Lipinski definition) is 2. The Balaban J connectivity index is 1.97. The average Bonchev–Trinajstić information content (AvgIpc) is 2.39. The highest BCUT2D eigenvalue weighted by atomic mass is 16.5. The molecule has 0 bridgehead atoms. The topological polar surface area (TPSA) is 38.3 Å². The van der Waals surface area contributed by atoms with Gasteiger partial charge in [-0.2, -0.15) is 0 Å². The predicted octanol–water partition coefficient (Wildman–Crippen LogP) is 3.53. The summed E-state index contributed by atoms with van der Waals surface area (Å²) in [7, 11) is 0. The number of hydrogen-bond donors (Lipinski definition) is 1. The number of nitrogens with one attached hydrogen (secondary N) is 1. The van der Waals surface area contributed by atoms with Crippen LogP contribution in [-0.4, -0.2) is 5.91 Å². The molecule has 0 spiro atoms. The number of aryl methyl sites for hydroxylation is 1. The molecule has 19 heavy (non-hydrogen) atoms. The summed E-state index contributed by atoms with van der Waals surface area (Å²) in [5, 5.41) is 2.74. The summed E-state index contributed by atoms with van der Waals surface area (Å²) in [6.07, 6.45) is 0. The van der Waals surface area contributed by atoms with Crippen molar-refractivity contribution < 1.29 is 9.53 Å². The number of carbonyl (C=O) groups excluding carboxylic acids is 1. The molecule has 3 nitrogen and oxygen atoms in total. The fourth-order valence-corrected chi connectivity index (χ4v) is 1.77. The van der Waals surface area contributed by atoms with Crippen LogP contribution >= 0.6 is 0 Å². The van der Waals surface area contributed by atoms with Gasteiger partial charge in [0.1, 0.15) is 12.4 Å². The number of ether oxygens (including phenoxy) is 1. The minimum Gasteiger partial charge on any atom is -0.489 e. The molecule has 0 aliphatic heterocycles. The van der Waals surface area contributed by atoms with E-state index in [1.54, 1.807) is 0 Å². The minimum atomic E-state index is -0.0658. The lowest BCUT2D eigenvalue weighted by atomic mass is 10.2. The van der Waals surface area contributed by atoms with Crippen molar-refractivity contribution >= 4 is 11.6 Å². The van der Waals surface area contributed by atoms with E-state index in [-0.39, 0.29) is 5.91 Å². The maximum Gasteiger partial charge on any atom is 0.221 e. The number of benzene rings is 2. The fourth-order valence-electron chi connectivity index (χ4n) is 1.77. The van der Waals surface area contributed by atoms with Gasteiger partial charge in [-0.1, -0.05) is 30.3 Å². The zero-order chi connectivity index (χ0) is 13.7. The first kappa shape index (κ1) is 13.1. The van der Waals surface area contributed by atoms with Crippen LogP contribution in [0.2, 0.25) is 0 Å². The highest BCUT2D eigenvalue weighted by Crippen LogP contribution is 2.18. The maximum atomic E-state index is 10.9. The zero-order valence-electron chi connectivity index (χ0n) is 11.1. The third-order valence-electron chi connectivity index (χ3n) is 2.76. The molecule has 98 valence electrons. The Morgan fingerprint density at radius 2 is 1.79 bits per heavy atom. The molecule has 0 fully saturated rings. The van der Waals surface area contributed by atoms with Crippen molar-refractivity contribution in [3.8, 4) is 5.75 Å². The number of rotatable bonds is 4. The van der Waals surface area contributed by atoms with Gasteiger partial charge in [-0.25, -0.2) is 0 Å². The largest absolute Gasteiger partial charge is 0.489 e. The van der Waals surface area contributed by atoms with Gasteiger partial charge in [0.25, 0.3) is 0 Å².